The first kappa shape index (κ1) is 15.1. The number of hydrogen-bond donors (Lipinski definition) is 1. The zero-order valence-electron chi connectivity index (χ0n) is 11.9. The van der Waals surface area contributed by atoms with Crippen LogP contribution < -0.4 is 5.32 Å². The van der Waals surface area contributed by atoms with Gasteiger partial charge < -0.3 is 13.9 Å². The van der Waals surface area contributed by atoms with E-state index < -0.39 is 5.91 Å². The Labute approximate surface area is 136 Å². The molecule has 0 bridgehead atoms. The maximum atomic E-state index is 11.8. The van der Waals surface area contributed by atoms with Crippen molar-refractivity contribution in [2.24, 2.45) is 0 Å². The molecule has 0 saturated carbocycles. The number of carbonyl (C=O) groups excluding carboxylic acids is 1. The van der Waals surface area contributed by atoms with Crippen LogP contribution in [0.3, 0.4) is 0 Å². The second-order valence-electron chi connectivity index (χ2n) is 4.46. The summed E-state index contributed by atoms with van der Waals surface area (Å²) >= 11 is 6.00. The van der Waals surface area contributed by atoms with Crippen LogP contribution in [0.25, 0.3) is 11.8 Å². The fourth-order valence-electron chi connectivity index (χ4n) is 1.78. The van der Waals surface area contributed by atoms with Gasteiger partial charge in [0.15, 0.2) is 0 Å². The maximum Gasteiger partial charge on any atom is 0.322 e. The fourth-order valence-corrected chi connectivity index (χ4v) is 1.98. The van der Waals surface area contributed by atoms with E-state index in [2.05, 4.69) is 15.5 Å². The van der Waals surface area contributed by atoms with Crippen molar-refractivity contribution < 1.29 is 18.7 Å². The minimum atomic E-state index is -0.421. The van der Waals surface area contributed by atoms with E-state index in [0.717, 1.165) is 5.56 Å². The van der Waals surface area contributed by atoms with Crippen LogP contribution in [-0.2, 0) is 14.3 Å². The van der Waals surface area contributed by atoms with E-state index >= 15 is 0 Å². The summed E-state index contributed by atoms with van der Waals surface area (Å²) in [5, 5.41) is 10.5. The molecule has 1 aromatic heterocycles. The quantitative estimate of drug-likeness (QED) is 0.866. The molecule has 1 N–H and O–H groups in total. The zero-order chi connectivity index (χ0) is 16.1. The Bertz CT molecular complexity index is 770. The summed E-state index contributed by atoms with van der Waals surface area (Å²) in [6.45, 7) is 0.866. The molecule has 7 nitrogen and oxygen atoms in total. The lowest BCUT2D eigenvalue weighted by atomic mass is 10.2. The van der Waals surface area contributed by atoms with Crippen molar-refractivity contribution in [3.05, 3.63) is 53.1 Å². The van der Waals surface area contributed by atoms with Gasteiger partial charge in [-0.15, -0.1) is 5.10 Å². The van der Waals surface area contributed by atoms with E-state index in [9.17, 15) is 4.79 Å². The molecule has 1 aromatic carbocycles. The molecule has 3 rings (SSSR count). The largest absolute Gasteiger partial charge is 0.494 e. The number of aromatic nitrogens is 2. The molecule has 0 saturated heterocycles. The lowest BCUT2D eigenvalue weighted by molar-refractivity contribution is -0.112. The molecule has 23 heavy (non-hydrogen) atoms. The SMILES string of the molecule is O=C(/C=C/c1ccccc1Cl)Nc1nnc(C2=COCCO2)o1. The average molecular weight is 334 g/mol. The van der Waals surface area contributed by atoms with Gasteiger partial charge >= 0.3 is 6.01 Å². The Balaban J connectivity index is 1.63. The number of carbonyl (C=O) groups is 1. The number of halogens is 1. The summed E-state index contributed by atoms with van der Waals surface area (Å²) in [4.78, 5) is 11.8. The molecule has 0 atom stereocenters. The third-order valence-corrected chi connectivity index (χ3v) is 3.18. The molecule has 0 unspecified atom stereocenters. The molecule has 2 aromatic rings. The van der Waals surface area contributed by atoms with Gasteiger partial charge in [0.25, 0.3) is 11.8 Å². The Kier molecular flexibility index (Phi) is 4.58. The lowest BCUT2D eigenvalue weighted by Gasteiger charge is -2.11. The Morgan fingerprint density at radius 3 is 2.91 bits per heavy atom. The summed E-state index contributed by atoms with van der Waals surface area (Å²) in [7, 11) is 0. The van der Waals surface area contributed by atoms with Crippen molar-refractivity contribution in [2.75, 3.05) is 18.5 Å². The van der Waals surface area contributed by atoms with Crippen LogP contribution in [0, 0.1) is 0 Å². The van der Waals surface area contributed by atoms with Crippen LogP contribution in [0.5, 0.6) is 0 Å². The Morgan fingerprint density at radius 1 is 1.26 bits per heavy atom. The van der Waals surface area contributed by atoms with Crippen LogP contribution >= 0.6 is 11.6 Å². The standard InChI is InChI=1S/C15H12ClN3O4/c16-11-4-2-1-3-10(11)5-6-13(20)17-15-19-18-14(23-15)12-9-21-7-8-22-12/h1-6,9H,7-8H2,(H,17,19,20)/b6-5+. The first-order valence-corrected chi connectivity index (χ1v) is 7.12. The van der Waals surface area contributed by atoms with Gasteiger partial charge in [-0.25, -0.2) is 0 Å². The van der Waals surface area contributed by atoms with Crippen LogP contribution in [0.15, 0.2) is 41.0 Å². The minimum absolute atomic E-state index is 0.0381. The summed E-state index contributed by atoms with van der Waals surface area (Å²) in [6, 6.07) is 7.13. The number of ether oxygens (including phenoxy) is 2. The van der Waals surface area contributed by atoms with Crippen LogP contribution in [-0.4, -0.2) is 29.3 Å². The molecule has 8 heteroatoms. The highest BCUT2D eigenvalue weighted by Gasteiger charge is 2.16. The second-order valence-corrected chi connectivity index (χ2v) is 4.87. The van der Waals surface area contributed by atoms with Gasteiger partial charge in [-0.3, -0.25) is 10.1 Å². The smallest absolute Gasteiger partial charge is 0.322 e. The number of nitrogens with zero attached hydrogens (tertiary/aromatic N) is 2. The van der Waals surface area contributed by atoms with Gasteiger partial charge in [-0.1, -0.05) is 34.9 Å². The molecule has 1 aliphatic heterocycles. The van der Waals surface area contributed by atoms with Crippen molar-refractivity contribution in [1.82, 2.24) is 10.2 Å². The van der Waals surface area contributed by atoms with Crippen molar-refractivity contribution in [2.45, 2.75) is 0 Å². The van der Waals surface area contributed by atoms with E-state index in [1.165, 1.54) is 12.3 Å². The third kappa shape index (κ3) is 3.89. The maximum absolute atomic E-state index is 11.8. The van der Waals surface area contributed by atoms with Crippen LogP contribution in [0.2, 0.25) is 5.02 Å². The van der Waals surface area contributed by atoms with E-state index in [1.54, 1.807) is 18.2 Å². The third-order valence-electron chi connectivity index (χ3n) is 2.83. The molecule has 0 aliphatic carbocycles. The number of nitrogens with one attached hydrogen (secondary N) is 1. The number of rotatable bonds is 4. The van der Waals surface area contributed by atoms with E-state index in [1.807, 2.05) is 12.1 Å². The number of hydrogen-bond acceptors (Lipinski definition) is 6. The van der Waals surface area contributed by atoms with Crippen LogP contribution in [0.1, 0.15) is 11.5 Å². The molecule has 1 aliphatic rings. The summed E-state index contributed by atoms with van der Waals surface area (Å²) < 4.78 is 15.7. The topological polar surface area (TPSA) is 86.5 Å². The van der Waals surface area contributed by atoms with E-state index in [4.69, 9.17) is 25.5 Å². The van der Waals surface area contributed by atoms with Gasteiger partial charge in [-0.05, 0) is 17.7 Å². The first-order chi connectivity index (χ1) is 11.2. The summed E-state index contributed by atoms with van der Waals surface area (Å²) in [5.74, 6) is 0.0425. The lowest BCUT2D eigenvalue weighted by Crippen LogP contribution is -2.08. The van der Waals surface area contributed by atoms with Crippen molar-refractivity contribution in [3.8, 4) is 0 Å². The van der Waals surface area contributed by atoms with Crippen molar-refractivity contribution in [1.29, 1.82) is 0 Å². The average Bonchev–Trinajstić information content (AvgIpc) is 3.03. The summed E-state index contributed by atoms with van der Waals surface area (Å²) in [6.07, 6.45) is 4.31. The fraction of sp³-hybridized carbons (Fsp3) is 0.133. The Morgan fingerprint density at radius 2 is 2.13 bits per heavy atom. The van der Waals surface area contributed by atoms with Gasteiger partial charge in [0, 0.05) is 11.1 Å². The molecule has 2 heterocycles. The van der Waals surface area contributed by atoms with Crippen LogP contribution in [0.4, 0.5) is 6.01 Å². The summed E-state index contributed by atoms with van der Waals surface area (Å²) in [5.41, 5.74) is 0.730. The van der Waals surface area contributed by atoms with Gasteiger partial charge in [0.1, 0.15) is 19.5 Å². The zero-order valence-corrected chi connectivity index (χ0v) is 12.6. The monoisotopic (exact) mass is 333 g/mol. The first-order valence-electron chi connectivity index (χ1n) is 6.74. The molecular weight excluding hydrogens is 322 g/mol. The molecular formula is C15H12ClN3O4. The van der Waals surface area contributed by atoms with E-state index in [-0.39, 0.29) is 11.9 Å². The second kappa shape index (κ2) is 6.97. The van der Waals surface area contributed by atoms with Crippen molar-refractivity contribution >= 4 is 35.4 Å². The molecule has 118 valence electrons. The normalized spacial score (nSPS) is 14.0. The van der Waals surface area contributed by atoms with Gasteiger partial charge in [-0.2, -0.15) is 0 Å². The molecule has 0 fully saturated rings. The minimum Gasteiger partial charge on any atom is -0.494 e. The highest BCUT2D eigenvalue weighted by molar-refractivity contribution is 6.32. The predicted octanol–water partition coefficient (Wildman–Crippen LogP) is 2.72. The highest BCUT2D eigenvalue weighted by Crippen LogP contribution is 2.19. The predicted molar refractivity (Wildman–Crippen MR) is 83.3 cm³/mol. The Hall–Kier alpha value is -2.80. The number of amides is 1. The van der Waals surface area contributed by atoms with Gasteiger partial charge in [0.2, 0.25) is 5.76 Å². The van der Waals surface area contributed by atoms with E-state index in [0.29, 0.717) is 24.0 Å². The van der Waals surface area contributed by atoms with Crippen molar-refractivity contribution in [3.63, 3.8) is 0 Å². The number of anilines is 1. The number of benzene rings is 1. The van der Waals surface area contributed by atoms with Gasteiger partial charge in [0.05, 0.1) is 0 Å². The molecule has 0 spiro atoms. The molecule has 1 amide bonds. The highest BCUT2D eigenvalue weighted by atomic mass is 35.5. The molecule has 0 radical (unpaired) electrons.